The second kappa shape index (κ2) is 9.27. The van der Waals surface area contributed by atoms with Crippen LogP contribution in [0.2, 0.25) is 0 Å². The number of fused-ring (bicyclic) bond motifs is 2. The summed E-state index contributed by atoms with van der Waals surface area (Å²) >= 11 is 0. The smallest absolute Gasteiger partial charge is 0.300 e. The van der Waals surface area contributed by atoms with E-state index in [0.717, 1.165) is 30.7 Å². The fraction of sp³-hybridized carbons (Fsp3) is 0.652. The van der Waals surface area contributed by atoms with Gasteiger partial charge in [-0.25, -0.2) is 17.3 Å². The van der Waals surface area contributed by atoms with Crippen LogP contribution in [0.15, 0.2) is 29.2 Å². The van der Waals surface area contributed by atoms with Gasteiger partial charge in [0.05, 0.1) is 18.1 Å². The van der Waals surface area contributed by atoms with E-state index in [-0.39, 0.29) is 36.0 Å². The van der Waals surface area contributed by atoms with Gasteiger partial charge in [0.2, 0.25) is 0 Å². The number of sulfonamides is 1. The summed E-state index contributed by atoms with van der Waals surface area (Å²) in [5, 5.41) is 0. The molecule has 2 bridgehead atoms. The lowest BCUT2D eigenvalue weighted by atomic mass is 9.45. The second-order valence-electron chi connectivity index (χ2n) is 9.10. The van der Waals surface area contributed by atoms with Gasteiger partial charge < -0.3 is 0 Å². The lowest BCUT2D eigenvalue weighted by Crippen LogP contribution is -2.54. The van der Waals surface area contributed by atoms with Gasteiger partial charge in [0.25, 0.3) is 10.0 Å². The Balaban J connectivity index is 1.95. The van der Waals surface area contributed by atoms with Crippen LogP contribution in [0.25, 0.3) is 0 Å². The molecule has 0 spiro atoms. The van der Waals surface area contributed by atoms with Crippen LogP contribution in [0.1, 0.15) is 52.5 Å². The highest BCUT2D eigenvalue weighted by atomic mass is 32.2. The molecule has 4 rings (SSSR count). The van der Waals surface area contributed by atoms with Gasteiger partial charge in [-0.05, 0) is 75.3 Å². The SMILES string of the molecule is CCOP(=O)(C#CN(CC1CC[C@@H]2C[C@H]1C2(C)C)S(=O)(=O)c1ccc(C)cc1)OCC. The van der Waals surface area contributed by atoms with E-state index >= 15 is 0 Å². The van der Waals surface area contributed by atoms with Gasteiger partial charge in [0.1, 0.15) is 0 Å². The monoisotopic (exact) mass is 467 g/mol. The predicted molar refractivity (Wildman–Crippen MR) is 122 cm³/mol. The van der Waals surface area contributed by atoms with Crippen molar-refractivity contribution in [3.8, 4) is 11.7 Å². The van der Waals surface area contributed by atoms with Gasteiger partial charge in [0.15, 0.2) is 0 Å². The largest absolute Gasteiger partial charge is 0.407 e. The van der Waals surface area contributed by atoms with Gasteiger partial charge >= 0.3 is 7.60 Å². The van der Waals surface area contributed by atoms with E-state index in [2.05, 4.69) is 25.6 Å². The summed E-state index contributed by atoms with van der Waals surface area (Å²) in [7, 11) is -7.58. The zero-order valence-corrected chi connectivity index (χ0v) is 20.8. The third-order valence-corrected chi connectivity index (χ3v) is 10.2. The van der Waals surface area contributed by atoms with Gasteiger partial charge in [-0.1, -0.05) is 31.5 Å². The van der Waals surface area contributed by atoms with Crippen LogP contribution in [0.5, 0.6) is 0 Å². The van der Waals surface area contributed by atoms with Gasteiger partial charge in [-0.3, -0.25) is 9.05 Å². The molecule has 1 aromatic carbocycles. The average Bonchev–Trinajstić information content (AvgIpc) is 2.71. The summed E-state index contributed by atoms with van der Waals surface area (Å²) in [5.41, 5.74) is 3.73. The van der Waals surface area contributed by atoms with Crippen LogP contribution >= 0.6 is 7.60 Å². The maximum atomic E-state index is 13.5. The molecule has 0 N–H and O–H groups in total. The molecule has 0 heterocycles. The first-order valence-corrected chi connectivity index (χ1v) is 14.0. The highest BCUT2D eigenvalue weighted by Gasteiger charge is 2.54. The number of nitrogens with zero attached hydrogens (tertiary/aromatic N) is 1. The Morgan fingerprint density at radius 2 is 1.74 bits per heavy atom. The molecule has 0 saturated heterocycles. The first-order chi connectivity index (χ1) is 14.5. The number of rotatable bonds is 8. The first-order valence-electron chi connectivity index (χ1n) is 11.0. The lowest BCUT2D eigenvalue weighted by Gasteiger charge is -2.60. The molecule has 0 aromatic heterocycles. The van der Waals surface area contributed by atoms with Crippen molar-refractivity contribution in [2.45, 2.75) is 58.8 Å². The summed E-state index contributed by atoms with van der Waals surface area (Å²) in [6.07, 6.45) is 3.23. The second-order valence-corrected chi connectivity index (χ2v) is 12.7. The third kappa shape index (κ3) is 5.03. The van der Waals surface area contributed by atoms with Crippen molar-refractivity contribution >= 4 is 17.6 Å². The minimum Gasteiger partial charge on any atom is -0.300 e. The molecule has 172 valence electrons. The Bertz CT molecular complexity index is 981. The number of hydrogen-bond acceptors (Lipinski definition) is 5. The van der Waals surface area contributed by atoms with Crippen molar-refractivity contribution in [2.75, 3.05) is 19.8 Å². The summed E-state index contributed by atoms with van der Waals surface area (Å²) in [5.74, 6) is 1.40. The fourth-order valence-corrected chi connectivity index (χ4v) is 7.48. The molecule has 8 heteroatoms. The van der Waals surface area contributed by atoms with Crippen molar-refractivity contribution in [1.29, 1.82) is 0 Å². The molecule has 0 aliphatic heterocycles. The zero-order valence-electron chi connectivity index (χ0n) is 19.1. The minimum absolute atomic E-state index is 0.164. The Labute approximate surface area is 187 Å². The highest BCUT2D eigenvalue weighted by Crippen LogP contribution is 2.61. The molecular formula is C23H34NO5PS. The van der Waals surface area contributed by atoms with Crippen molar-refractivity contribution < 1.29 is 22.0 Å². The van der Waals surface area contributed by atoms with E-state index in [9.17, 15) is 13.0 Å². The normalized spacial score (nSPS) is 24.6. The maximum absolute atomic E-state index is 13.5. The van der Waals surface area contributed by atoms with Crippen LogP contribution < -0.4 is 0 Å². The minimum atomic E-state index is -3.89. The molecule has 0 radical (unpaired) electrons. The van der Waals surface area contributed by atoms with Crippen molar-refractivity contribution in [1.82, 2.24) is 4.31 Å². The zero-order chi connectivity index (χ0) is 22.9. The number of hydrogen-bond donors (Lipinski definition) is 0. The third-order valence-electron chi connectivity index (χ3n) is 6.92. The molecule has 3 fully saturated rings. The Hall–Kier alpha value is -1.32. The Morgan fingerprint density at radius 3 is 2.26 bits per heavy atom. The molecular weight excluding hydrogens is 433 g/mol. The summed E-state index contributed by atoms with van der Waals surface area (Å²) < 4.78 is 51.5. The van der Waals surface area contributed by atoms with E-state index in [4.69, 9.17) is 9.05 Å². The van der Waals surface area contributed by atoms with Crippen molar-refractivity contribution in [3.63, 3.8) is 0 Å². The molecule has 3 atom stereocenters. The lowest BCUT2D eigenvalue weighted by molar-refractivity contribution is -0.106. The summed E-state index contributed by atoms with van der Waals surface area (Å²) in [4.78, 5) is 0.177. The molecule has 1 aromatic rings. The van der Waals surface area contributed by atoms with E-state index in [1.807, 2.05) is 6.92 Å². The fourth-order valence-electron chi connectivity index (χ4n) is 4.99. The van der Waals surface area contributed by atoms with Crippen LogP contribution in [-0.2, 0) is 23.6 Å². The van der Waals surface area contributed by atoms with Crippen LogP contribution in [0.3, 0.4) is 0 Å². The van der Waals surface area contributed by atoms with E-state index in [1.165, 1.54) is 4.31 Å². The Kier molecular flexibility index (Phi) is 7.28. The van der Waals surface area contributed by atoms with E-state index in [1.54, 1.807) is 38.1 Å². The summed E-state index contributed by atoms with van der Waals surface area (Å²) in [6, 6.07) is 9.40. The predicted octanol–water partition coefficient (Wildman–Crippen LogP) is 5.24. The molecule has 6 nitrogen and oxygen atoms in total. The molecule has 3 saturated carbocycles. The van der Waals surface area contributed by atoms with E-state index < -0.39 is 17.6 Å². The molecule has 0 amide bonds. The Morgan fingerprint density at radius 1 is 1.13 bits per heavy atom. The van der Waals surface area contributed by atoms with E-state index in [0.29, 0.717) is 5.92 Å². The maximum Gasteiger partial charge on any atom is 0.407 e. The number of aryl methyl sites for hydroxylation is 1. The summed E-state index contributed by atoms with van der Waals surface area (Å²) in [6.45, 7) is 10.5. The van der Waals surface area contributed by atoms with Crippen molar-refractivity contribution in [2.24, 2.45) is 23.2 Å². The molecule has 3 aliphatic carbocycles. The number of benzene rings is 1. The topological polar surface area (TPSA) is 72.9 Å². The molecule has 31 heavy (non-hydrogen) atoms. The van der Waals surface area contributed by atoms with Crippen LogP contribution in [0.4, 0.5) is 0 Å². The first kappa shape index (κ1) is 24.3. The highest BCUT2D eigenvalue weighted by molar-refractivity contribution is 7.89. The molecule has 1 unspecified atom stereocenters. The van der Waals surface area contributed by atoms with Crippen LogP contribution in [0, 0.1) is 41.8 Å². The van der Waals surface area contributed by atoms with Gasteiger partial charge in [-0.2, -0.15) is 0 Å². The standard InChI is InChI=1S/C23H34NO5PS/c1-6-28-30(25,29-7-2)15-14-24(31(26,27)21-12-8-18(3)9-13-21)17-19-10-11-20-16-22(19)23(20,4)5/h8-9,12-13,19-20,22H,6-7,10-11,16-17H2,1-5H3/t19?,20-,22-/m1/s1. The quantitative estimate of drug-likeness (QED) is 0.297. The van der Waals surface area contributed by atoms with Crippen molar-refractivity contribution in [3.05, 3.63) is 29.8 Å². The van der Waals surface area contributed by atoms with Crippen LogP contribution in [-0.4, -0.2) is 32.5 Å². The average molecular weight is 468 g/mol. The molecule has 3 aliphatic rings. The van der Waals surface area contributed by atoms with Gasteiger partial charge in [0, 0.05) is 18.3 Å². The van der Waals surface area contributed by atoms with Gasteiger partial charge in [-0.15, -0.1) is 0 Å².